The van der Waals surface area contributed by atoms with Crippen LogP contribution < -0.4 is 0 Å². The monoisotopic (exact) mass is 620 g/mol. The molecule has 8 nitrogen and oxygen atoms in total. The Labute approximate surface area is 256 Å². The van der Waals surface area contributed by atoms with Crippen LogP contribution in [0, 0.1) is 5.92 Å². The van der Waals surface area contributed by atoms with Gasteiger partial charge < -0.3 is 14.1 Å². The predicted octanol–water partition coefficient (Wildman–Crippen LogP) is 7.47. The van der Waals surface area contributed by atoms with Crippen LogP contribution in [0.25, 0.3) is 21.8 Å². The second-order valence-corrected chi connectivity index (χ2v) is 11.1. The topological polar surface area (TPSA) is 104 Å². The fourth-order valence-electron chi connectivity index (χ4n) is 5.76. The first-order chi connectivity index (χ1) is 21.6. The number of oxime groups is 1. The lowest BCUT2D eigenvalue weighted by atomic mass is 9.83. The van der Waals surface area contributed by atoms with E-state index in [1.54, 1.807) is 30.3 Å². The summed E-state index contributed by atoms with van der Waals surface area (Å²) in [7, 11) is 1.19. The molecule has 1 aromatic heterocycles. The van der Waals surface area contributed by atoms with Crippen molar-refractivity contribution in [3.05, 3.63) is 83.4 Å². The Morgan fingerprint density at radius 1 is 0.822 bits per heavy atom. The van der Waals surface area contributed by atoms with E-state index >= 15 is 0 Å². The Kier molecular flexibility index (Phi) is 9.45. The average Bonchev–Trinajstić information content (AvgIpc) is 3.35. The van der Waals surface area contributed by atoms with E-state index in [2.05, 4.69) is 9.89 Å². The second-order valence-electron chi connectivity index (χ2n) is 11.1. The fraction of sp³-hybridized carbons (Fsp3) is 0.324. The Bertz CT molecular complexity index is 1790. The number of halogens is 3. The number of Topliss-reactive ketones (excluding diaryl/α,β-unsaturated/α-hetero) is 2. The highest BCUT2D eigenvalue weighted by Crippen LogP contribution is 2.35. The molecule has 4 aromatic rings. The fourth-order valence-corrected chi connectivity index (χ4v) is 5.76. The summed E-state index contributed by atoms with van der Waals surface area (Å²) in [4.78, 5) is 56.4. The number of hydrogen-bond donors (Lipinski definition) is 0. The van der Waals surface area contributed by atoms with Crippen molar-refractivity contribution in [3.63, 3.8) is 0 Å². The lowest BCUT2D eigenvalue weighted by Gasteiger charge is -2.20. The number of hydrogen-bond acceptors (Lipinski definition) is 7. The van der Waals surface area contributed by atoms with Crippen LogP contribution in [-0.4, -0.2) is 47.1 Å². The predicted molar refractivity (Wildman–Crippen MR) is 161 cm³/mol. The molecule has 0 aliphatic heterocycles. The number of nitrogens with zero attached hydrogens (tertiary/aromatic N) is 2. The normalized spacial score (nSPS) is 14.4. The largest absolute Gasteiger partial charge is 0.469 e. The molecule has 1 fully saturated rings. The Balaban J connectivity index is 1.56. The molecule has 234 valence electrons. The van der Waals surface area contributed by atoms with Crippen molar-refractivity contribution in [1.82, 2.24) is 4.57 Å². The number of methoxy groups -OCH3 is 1. The molecule has 0 amide bonds. The first kappa shape index (κ1) is 31.6. The number of carbonyl (C=O) groups is 4. The standard InChI is InChI=1S/C34H31F3N2O6/c1-44-30(40)17-14-27(38-45-33(43)22-10-6-3-7-11-22)32(42)24-13-16-29-26(19-24)25-18-23(31(41)21-8-4-2-5-9-21)12-15-28(25)39(29)20-34(35,36)37/h3,6-7,10-13,15-16,18-19,21H,2,4-5,8-9,14,17,20H2,1H3. The third-order valence-corrected chi connectivity index (χ3v) is 8.03. The van der Waals surface area contributed by atoms with Crippen molar-refractivity contribution in [3.8, 4) is 0 Å². The summed E-state index contributed by atoms with van der Waals surface area (Å²) >= 11 is 0. The Morgan fingerprint density at radius 3 is 2.07 bits per heavy atom. The molecule has 5 rings (SSSR count). The van der Waals surface area contributed by atoms with Crippen LogP contribution in [0.15, 0.2) is 71.9 Å². The Hall–Kier alpha value is -4.80. The Morgan fingerprint density at radius 2 is 1.44 bits per heavy atom. The molecule has 1 saturated carbocycles. The van der Waals surface area contributed by atoms with Gasteiger partial charge in [0.05, 0.1) is 19.1 Å². The number of ether oxygens (including phenoxy) is 1. The molecule has 0 radical (unpaired) electrons. The molecule has 1 aliphatic carbocycles. The summed E-state index contributed by atoms with van der Waals surface area (Å²) in [5.74, 6) is -2.31. The minimum Gasteiger partial charge on any atom is -0.469 e. The molecule has 3 aromatic carbocycles. The number of fused-ring (bicyclic) bond motifs is 3. The van der Waals surface area contributed by atoms with E-state index in [-0.39, 0.29) is 52.4 Å². The van der Waals surface area contributed by atoms with Gasteiger partial charge >= 0.3 is 18.1 Å². The lowest BCUT2D eigenvalue weighted by molar-refractivity contribution is -0.140. The van der Waals surface area contributed by atoms with E-state index in [1.165, 1.54) is 43.5 Å². The average molecular weight is 621 g/mol. The van der Waals surface area contributed by atoms with Crippen LogP contribution in [0.1, 0.15) is 76.0 Å². The van der Waals surface area contributed by atoms with Gasteiger partial charge in [0.2, 0.25) is 5.78 Å². The van der Waals surface area contributed by atoms with Gasteiger partial charge in [-0.3, -0.25) is 14.4 Å². The van der Waals surface area contributed by atoms with Gasteiger partial charge in [-0.2, -0.15) is 13.2 Å². The van der Waals surface area contributed by atoms with E-state index < -0.39 is 30.4 Å². The highest BCUT2D eigenvalue weighted by molar-refractivity contribution is 6.46. The molecule has 0 unspecified atom stereocenters. The van der Waals surface area contributed by atoms with Crippen molar-refractivity contribution in [1.29, 1.82) is 0 Å². The molecule has 11 heteroatoms. The van der Waals surface area contributed by atoms with Crippen LogP contribution in [0.4, 0.5) is 13.2 Å². The van der Waals surface area contributed by atoms with E-state index in [4.69, 9.17) is 4.84 Å². The number of ketones is 2. The molecular weight excluding hydrogens is 589 g/mol. The van der Waals surface area contributed by atoms with E-state index in [9.17, 15) is 32.3 Å². The van der Waals surface area contributed by atoms with Crippen LogP contribution in [0.2, 0.25) is 0 Å². The van der Waals surface area contributed by atoms with E-state index in [0.29, 0.717) is 16.3 Å². The molecule has 0 atom stereocenters. The van der Waals surface area contributed by atoms with Crippen molar-refractivity contribution in [2.75, 3.05) is 7.11 Å². The molecule has 45 heavy (non-hydrogen) atoms. The summed E-state index contributed by atoms with van der Waals surface area (Å²) in [5, 5.41) is 4.52. The number of carbonyl (C=O) groups excluding carboxylic acids is 4. The van der Waals surface area contributed by atoms with Crippen molar-refractivity contribution in [2.24, 2.45) is 11.1 Å². The highest BCUT2D eigenvalue weighted by atomic mass is 19.4. The highest BCUT2D eigenvalue weighted by Gasteiger charge is 2.31. The number of benzene rings is 3. The zero-order valence-electron chi connectivity index (χ0n) is 24.6. The third kappa shape index (κ3) is 7.30. The van der Waals surface area contributed by atoms with Crippen molar-refractivity contribution < 1.29 is 41.9 Å². The van der Waals surface area contributed by atoms with Gasteiger partial charge in [-0.1, -0.05) is 42.6 Å². The maximum atomic E-state index is 13.7. The maximum absolute atomic E-state index is 13.7. The van der Waals surface area contributed by atoms with Gasteiger partial charge in [-0.05, 0) is 61.4 Å². The maximum Gasteiger partial charge on any atom is 0.406 e. The van der Waals surface area contributed by atoms with E-state index in [0.717, 1.165) is 36.7 Å². The SMILES string of the molecule is COC(=O)CCC(=NOC(=O)c1ccccc1)C(=O)c1ccc2c(c1)c1cc(C(=O)C3CCCCC3)ccc1n2CC(F)(F)F. The van der Waals surface area contributed by atoms with Crippen LogP contribution in [-0.2, 0) is 20.9 Å². The molecular formula is C34H31F3N2O6. The van der Waals surface area contributed by atoms with Gasteiger partial charge in [-0.25, -0.2) is 4.79 Å². The molecule has 0 saturated heterocycles. The van der Waals surface area contributed by atoms with Gasteiger partial charge in [0.15, 0.2) is 5.78 Å². The molecule has 0 N–H and O–H groups in total. The van der Waals surface area contributed by atoms with Gasteiger partial charge in [0.1, 0.15) is 12.3 Å². The molecule has 0 bridgehead atoms. The molecule has 1 heterocycles. The van der Waals surface area contributed by atoms with E-state index in [1.807, 2.05) is 0 Å². The zero-order valence-corrected chi connectivity index (χ0v) is 24.6. The van der Waals surface area contributed by atoms with Crippen LogP contribution in [0.5, 0.6) is 0 Å². The van der Waals surface area contributed by atoms with Gasteiger partial charge in [0.25, 0.3) is 0 Å². The number of alkyl halides is 3. The third-order valence-electron chi connectivity index (χ3n) is 8.03. The minimum absolute atomic E-state index is 0.0435. The van der Waals surface area contributed by atoms with Gasteiger partial charge in [-0.15, -0.1) is 0 Å². The number of esters is 1. The zero-order chi connectivity index (χ0) is 32.1. The van der Waals surface area contributed by atoms with Crippen molar-refractivity contribution >= 4 is 51.0 Å². The quantitative estimate of drug-likeness (QED) is 0.0599. The first-order valence-corrected chi connectivity index (χ1v) is 14.7. The van der Waals surface area contributed by atoms with Gasteiger partial charge in [0, 0.05) is 45.3 Å². The summed E-state index contributed by atoms with van der Waals surface area (Å²) in [6.45, 7) is -1.27. The lowest BCUT2D eigenvalue weighted by Crippen LogP contribution is -2.18. The summed E-state index contributed by atoms with van der Waals surface area (Å²) in [6, 6.07) is 16.9. The second kappa shape index (κ2) is 13.5. The van der Waals surface area contributed by atoms with Crippen molar-refractivity contribution in [2.45, 2.75) is 57.7 Å². The number of aromatic nitrogens is 1. The summed E-state index contributed by atoms with van der Waals surface area (Å²) in [5.41, 5.74) is 0.894. The summed E-state index contributed by atoms with van der Waals surface area (Å²) in [6.07, 6.45) is -0.459. The molecule has 0 spiro atoms. The van der Waals surface area contributed by atoms with Crippen LogP contribution in [0.3, 0.4) is 0 Å². The first-order valence-electron chi connectivity index (χ1n) is 14.7. The smallest absolute Gasteiger partial charge is 0.406 e. The minimum atomic E-state index is -4.53. The van der Waals surface area contributed by atoms with Crippen LogP contribution >= 0.6 is 0 Å². The number of rotatable bonds is 10. The summed E-state index contributed by atoms with van der Waals surface area (Å²) < 4.78 is 46.8. The molecule has 1 aliphatic rings.